The molecule has 0 spiro atoms. The van der Waals surface area contributed by atoms with Gasteiger partial charge in [-0.2, -0.15) is 5.26 Å². The van der Waals surface area contributed by atoms with E-state index < -0.39 is 0 Å². The predicted molar refractivity (Wildman–Crippen MR) is 128 cm³/mol. The van der Waals surface area contributed by atoms with Gasteiger partial charge in [0.1, 0.15) is 0 Å². The number of fused-ring (bicyclic) bond motifs is 2. The van der Waals surface area contributed by atoms with Gasteiger partial charge in [0, 0.05) is 44.9 Å². The quantitative estimate of drug-likeness (QED) is 0.612. The molecule has 2 aliphatic rings. The molecule has 5 rings (SSSR count). The highest BCUT2D eigenvalue weighted by Crippen LogP contribution is 2.32. The number of ether oxygens (including phenoxy) is 1. The smallest absolute Gasteiger partial charge is 0.330 e. The molecule has 0 saturated carbocycles. The molecular weight excluding hydrogens is 414 g/mol. The first-order valence-corrected chi connectivity index (χ1v) is 11.7. The monoisotopic (exact) mass is 445 g/mol. The van der Waals surface area contributed by atoms with Crippen molar-refractivity contribution in [3.63, 3.8) is 0 Å². The number of aryl methyl sites for hydroxylation is 1. The summed E-state index contributed by atoms with van der Waals surface area (Å²) in [6, 6.07) is 12.7. The van der Waals surface area contributed by atoms with Crippen LogP contribution in [0.1, 0.15) is 44.7 Å². The van der Waals surface area contributed by atoms with Crippen LogP contribution in [0.15, 0.2) is 35.1 Å². The van der Waals surface area contributed by atoms with E-state index in [-0.39, 0.29) is 11.1 Å². The normalized spacial score (nSPS) is 20.9. The lowest BCUT2D eigenvalue weighted by atomic mass is 9.97. The van der Waals surface area contributed by atoms with Crippen molar-refractivity contribution in [2.24, 2.45) is 12.5 Å². The Morgan fingerprint density at radius 3 is 2.79 bits per heavy atom. The molecule has 0 bridgehead atoms. The molecule has 0 radical (unpaired) electrons. The number of pyridine rings is 1. The van der Waals surface area contributed by atoms with Crippen molar-refractivity contribution in [1.29, 1.82) is 5.26 Å². The number of nitriles is 1. The van der Waals surface area contributed by atoms with Crippen molar-refractivity contribution in [3.05, 3.63) is 51.9 Å². The summed E-state index contributed by atoms with van der Waals surface area (Å²) in [4.78, 5) is 20.2. The molecule has 7 heteroatoms. The third-order valence-electron chi connectivity index (χ3n) is 6.82. The minimum atomic E-state index is -0.0683. The van der Waals surface area contributed by atoms with E-state index in [2.05, 4.69) is 37.8 Å². The van der Waals surface area contributed by atoms with Crippen LogP contribution >= 0.6 is 0 Å². The van der Waals surface area contributed by atoms with Crippen LogP contribution in [-0.4, -0.2) is 44.3 Å². The lowest BCUT2D eigenvalue weighted by Gasteiger charge is -2.22. The number of benzene rings is 1. The molecule has 0 amide bonds. The summed E-state index contributed by atoms with van der Waals surface area (Å²) in [6.07, 6.45) is 2.54. The number of likely N-dealkylation sites (tertiary alicyclic amines) is 1. The Bertz CT molecular complexity index is 1310. The Morgan fingerprint density at radius 2 is 2.03 bits per heavy atom. The molecule has 2 atom stereocenters. The van der Waals surface area contributed by atoms with Crippen LogP contribution < -0.4 is 5.69 Å². The van der Waals surface area contributed by atoms with E-state index in [0.29, 0.717) is 35.6 Å². The maximum absolute atomic E-state index is 12.9. The Labute approximate surface area is 194 Å². The van der Waals surface area contributed by atoms with Crippen molar-refractivity contribution < 1.29 is 4.74 Å². The SMILES string of the molecule is Cn1c(=O)n(CC(C)(C)C)c2ccc(-c3cc(CN4CCC5OCCC54)ccc3C#N)nc21. The molecule has 2 aromatic heterocycles. The minimum absolute atomic E-state index is 0.0297. The van der Waals surface area contributed by atoms with Crippen LogP contribution in [-0.2, 0) is 24.9 Å². The van der Waals surface area contributed by atoms with E-state index in [1.54, 1.807) is 16.2 Å². The van der Waals surface area contributed by atoms with Crippen molar-refractivity contribution in [2.45, 2.75) is 58.8 Å². The number of rotatable bonds is 4. The second-order valence-electron chi connectivity index (χ2n) is 10.5. The van der Waals surface area contributed by atoms with E-state index in [9.17, 15) is 10.1 Å². The van der Waals surface area contributed by atoms with Gasteiger partial charge in [0.2, 0.25) is 0 Å². The fourth-order valence-corrected chi connectivity index (χ4v) is 5.27. The average Bonchev–Trinajstić information content (AvgIpc) is 3.45. The topological polar surface area (TPSA) is 76.1 Å². The molecule has 2 saturated heterocycles. The highest BCUT2D eigenvalue weighted by Gasteiger charge is 2.38. The summed E-state index contributed by atoms with van der Waals surface area (Å²) in [5.74, 6) is 0. The molecule has 33 heavy (non-hydrogen) atoms. The van der Waals surface area contributed by atoms with Gasteiger partial charge in [-0.1, -0.05) is 26.8 Å². The number of hydrogen-bond acceptors (Lipinski definition) is 5. The highest BCUT2D eigenvalue weighted by atomic mass is 16.5. The zero-order valence-electron chi connectivity index (χ0n) is 19.8. The zero-order chi connectivity index (χ0) is 23.3. The Morgan fingerprint density at radius 1 is 1.21 bits per heavy atom. The van der Waals surface area contributed by atoms with Gasteiger partial charge in [-0.25, -0.2) is 9.78 Å². The van der Waals surface area contributed by atoms with Crippen LogP contribution in [0.2, 0.25) is 0 Å². The predicted octanol–water partition coefficient (Wildman–Crippen LogP) is 3.68. The Hall–Kier alpha value is -2.95. The molecule has 0 N–H and O–H groups in total. The molecule has 0 aliphatic carbocycles. The number of nitrogens with zero attached hydrogens (tertiary/aromatic N) is 5. The lowest BCUT2D eigenvalue weighted by Crippen LogP contribution is -2.31. The van der Waals surface area contributed by atoms with Crippen LogP contribution in [0.3, 0.4) is 0 Å². The van der Waals surface area contributed by atoms with Crippen molar-refractivity contribution in [2.75, 3.05) is 13.2 Å². The maximum Gasteiger partial charge on any atom is 0.330 e. The van der Waals surface area contributed by atoms with E-state index in [1.807, 2.05) is 24.3 Å². The van der Waals surface area contributed by atoms with Crippen molar-refractivity contribution in [3.8, 4) is 17.3 Å². The van der Waals surface area contributed by atoms with Gasteiger partial charge in [-0.05, 0) is 48.1 Å². The van der Waals surface area contributed by atoms with Crippen molar-refractivity contribution in [1.82, 2.24) is 19.0 Å². The Balaban J connectivity index is 1.52. The Kier molecular flexibility index (Phi) is 5.38. The van der Waals surface area contributed by atoms with Gasteiger partial charge < -0.3 is 4.74 Å². The number of aromatic nitrogens is 3. The van der Waals surface area contributed by atoms with Crippen molar-refractivity contribution >= 4 is 11.2 Å². The van der Waals surface area contributed by atoms with Gasteiger partial charge in [0.05, 0.1) is 28.9 Å². The average molecular weight is 446 g/mol. The fraction of sp³-hybridized carbons (Fsp3) is 0.500. The van der Waals surface area contributed by atoms with E-state index in [4.69, 9.17) is 9.72 Å². The molecule has 2 aliphatic heterocycles. The molecule has 2 unspecified atom stereocenters. The molecule has 1 aromatic carbocycles. The molecule has 7 nitrogen and oxygen atoms in total. The van der Waals surface area contributed by atoms with Crippen LogP contribution in [0.25, 0.3) is 22.4 Å². The van der Waals surface area contributed by atoms with E-state index in [1.165, 1.54) is 0 Å². The summed E-state index contributed by atoms with van der Waals surface area (Å²) < 4.78 is 9.24. The summed E-state index contributed by atoms with van der Waals surface area (Å²) in [5, 5.41) is 9.76. The molecule has 4 heterocycles. The standard InChI is InChI=1S/C26H31N5O2/c1-26(2,3)16-31-22-8-7-20(28-24(22)29(4)25(31)32)19-13-17(5-6-18(19)14-27)15-30-11-9-23-21(30)10-12-33-23/h5-8,13,21,23H,9-12,15-16H2,1-4H3. The molecule has 172 valence electrons. The van der Waals surface area contributed by atoms with E-state index >= 15 is 0 Å². The second kappa shape index (κ2) is 8.12. The van der Waals surface area contributed by atoms with E-state index in [0.717, 1.165) is 49.2 Å². The van der Waals surface area contributed by atoms with Gasteiger partial charge >= 0.3 is 5.69 Å². The van der Waals surface area contributed by atoms with Crippen LogP contribution in [0.4, 0.5) is 0 Å². The van der Waals surface area contributed by atoms with Gasteiger partial charge in [-0.3, -0.25) is 14.0 Å². The maximum atomic E-state index is 12.9. The van der Waals surface area contributed by atoms with Crippen LogP contribution in [0.5, 0.6) is 0 Å². The molecule has 3 aromatic rings. The first kappa shape index (κ1) is 21.9. The molecule has 2 fully saturated rings. The fourth-order valence-electron chi connectivity index (χ4n) is 5.27. The summed E-state index contributed by atoms with van der Waals surface area (Å²) in [7, 11) is 1.76. The summed E-state index contributed by atoms with van der Waals surface area (Å²) in [6.45, 7) is 9.69. The third-order valence-corrected chi connectivity index (χ3v) is 6.82. The van der Waals surface area contributed by atoms with Gasteiger partial charge in [0.15, 0.2) is 5.65 Å². The lowest BCUT2D eigenvalue weighted by molar-refractivity contribution is 0.105. The first-order valence-electron chi connectivity index (χ1n) is 11.7. The third kappa shape index (κ3) is 3.98. The second-order valence-corrected chi connectivity index (χ2v) is 10.5. The number of hydrogen-bond donors (Lipinski definition) is 0. The highest BCUT2D eigenvalue weighted by molar-refractivity contribution is 5.78. The van der Waals surface area contributed by atoms with Crippen LogP contribution in [0, 0.1) is 16.7 Å². The summed E-state index contributed by atoms with van der Waals surface area (Å²) >= 11 is 0. The number of imidazole rings is 1. The first-order chi connectivity index (χ1) is 15.7. The van der Waals surface area contributed by atoms with Gasteiger partial charge in [0.25, 0.3) is 0 Å². The largest absolute Gasteiger partial charge is 0.376 e. The summed E-state index contributed by atoms with van der Waals surface area (Å²) in [5.41, 5.74) is 4.64. The zero-order valence-corrected chi connectivity index (χ0v) is 19.8. The molecular formula is C26H31N5O2. The minimum Gasteiger partial charge on any atom is -0.376 e. The van der Waals surface area contributed by atoms with Gasteiger partial charge in [-0.15, -0.1) is 0 Å².